The van der Waals surface area contributed by atoms with Gasteiger partial charge in [-0.1, -0.05) is 0 Å². The molecular weight excluding hydrogens is 593 g/mol. The van der Waals surface area contributed by atoms with E-state index in [-0.39, 0.29) is 71.1 Å². The average molecular weight is 616 g/mol. The molecule has 8 nitrogen and oxygen atoms in total. The van der Waals surface area contributed by atoms with Crippen molar-refractivity contribution in [1.29, 1.82) is 0 Å². The van der Waals surface area contributed by atoms with Crippen LogP contribution in [0.2, 0.25) is 0 Å². The average Bonchev–Trinajstić information content (AvgIpc) is 2.68. The SMILES string of the molecule is Nc1ccc(N2CC(O)C2)c(C(F)(F)F)c1.O=[N+]([O-])c1ccc(N2CC(O)C2)c(C(F)(F)F)c1.[CH3-].[Pd]. The van der Waals surface area contributed by atoms with Crippen molar-refractivity contribution in [3.63, 3.8) is 0 Å². The maximum atomic E-state index is 12.8. The number of hydrogen-bond acceptors (Lipinski definition) is 7. The summed E-state index contributed by atoms with van der Waals surface area (Å²) >= 11 is 0. The van der Waals surface area contributed by atoms with E-state index in [4.69, 9.17) is 15.9 Å². The molecule has 15 heteroatoms. The number of hydrogen-bond donors (Lipinski definition) is 3. The van der Waals surface area contributed by atoms with Crippen molar-refractivity contribution in [1.82, 2.24) is 0 Å². The number of nitrogens with two attached hydrogens (primary N) is 1. The minimum absolute atomic E-state index is 0. The molecule has 2 aromatic rings. The van der Waals surface area contributed by atoms with Crippen LogP contribution in [0.5, 0.6) is 0 Å². The van der Waals surface area contributed by atoms with Gasteiger partial charge in [0.2, 0.25) is 0 Å². The van der Waals surface area contributed by atoms with Crippen molar-refractivity contribution >= 4 is 22.7 Å². The third-order valence-electron chi connectivity index (χ3n) is 5.23. The van der Waals surface area contributed by atoms with Crippen molar-refractivity contribution < 1.29 is 61.9 Å². The number of nitro benzene ring substituents is 1. The first kappa shape index (κ1) is 31.4. The Labute approximate surface area is 216 Å². The molecule has 0 aliphatic carbocycles. The van der Waals surface area contributed by atoms with Crippen LogP contribution in [-0.4, -0.2) is 53.5 Å². The van der Waals surface area contributed by atoms with Crippen molar-refractivity contribution in [3.8, 4) is 0 Å². The van der Waals surface area contributed by atoms with Crippen molar-refractivity contribution in [2.45, 2.75) is 24.6 Å². The predicted molar refractivity (Wildman–Crippen MR) is 117 cm³/mol. The Morgan fingerprint density at radius 2 is 1.22 bits per heavy atom. The number of alkyl halides is 6. The molecule has 2 saturated heterocycles. The van der Waals surface area contributed by atoms with Crippen LogP contribution in [0.4, 0.5) is 49.1 Å². The normalized spacial score (nSPS) is 16.0. The quantitative estimate of drug-likeness (QED) is 0.120. The number of aliphatic hydroxyl groups excluding tert-OH is 2. The van der Waals surface area contributed by atoms with Gasteiger partial charge in [-0.25, -0.2) is 0 Å². The van der Waals surface area contributed by atoms with E-state index in [9.17, 15) is 36.5 Å². The number of halogens is 6. The number of anilines is 3. The third-order valence-corrected chi connectivity index (χ3v) is 5.23. The van der Waals surface area contributed by atoms with E-state index < -0.39 is 46.3 Å². The molecule has 0 spiro atoms. The molecule has 0 bridgehead atoms. The van der Waals surface area contributed by atoms with Gasteiger partial charge in [-0.15, -0.1) is 0 Å². The van der Waals surface area contributed by atoms with Crippen LogP contribution in [0, 0.1) is 17.5 Å². The van der Waals surface area contributed by atoms with Gasteiger partial charge in [-0.3, -0.25) is 10.1 Å². The first-order valence-electron chi connectivity index (χ1n) is 9.85. The Hall–Kier alpha value is -2.60. The summed E-state index contributed by atoms with van der Waals surface area (Å²) in [5, 5.41) is 28.6. The maximum absolute atomic E-state index is 12.8. The largest absolute Gasteiger partial charge is 0.418 e. The molecular formula is C21H23F6N4O4Pd-. The van der Waals surface area contributed by atoms with Crippen molar-refractivity contribution in [3.05, 3.63) is 65.1 Å². The minimum Gasteiger partial charge on any atom is -0.399 e. The summed E-state index contributed by atoms with van der Waals surface area (Å²) in [6.45, 7) is 0.655. The number of aliphatic hydroxyl groups is 2. The Morgan fingerprint density at radius 1 is 0.833 bits per heavy atom. The summed E-state index contributed by atoms with van der Waals surface area (Å²) in [4.78, 5) is 12.4. The summed E-state index contributed by atoms with van der Waals surface area (Å²) in [5.74, 6) is 0. The number of β-amino-alcohol motifs (C(OH)–C–C–N with tert-alkyl or cyclic N) is 2. The molecule has 36 heavy (non-hydrogen) atoms. The van der Waals surface area contributed by atoms with E-state index >= 15 is 0 Å². The molecule has 2 aromatic carbocycles. The predicted octanol–water partition coefficient (Wildman–Crippen LogP) is 3.71. The molecule has 2 heterocycles. The second-order valence-corrected chi connectivity index (χ2v) is 7.85. The standard InChI is InChI=1S/C10H9F3N2O3.C10H11F3N2O.CH3.Pd/c11-10(12,13)8-3-6(15(17)18)1-2-9(8)14-4-7(16)5-14;11-10(12,13)8-3-6(14)1-2-9(8)15-4-7(16)5-15;;/h1-3,7,16H,4-5H2;1-3,7,16H,4-5,14H2;1H3;/q;;-1;. The van der Waals surface area contributed by atoms with Gasteiger partial charge in [0.1, 0.15) is 0 Å². The first-order valence-corrected chi connectivity index (χ1v) is 9.85. The Balaban J connectivity index is 0.000000343. The van der Waals surface area contributed by atoms with Gasteiger partial charge in [-0.05, 0) is 24.3 Å². The van der Waals surface area contributed by atoms with E-state index in [2.05, 4.69) is 0 Å². The van der Waals surface area contributed by atoms with Crippen molar-refractivity contribution in [2.75, 3.05) is 41.7 Å². The smallest absolute Gasteiger partial charge is 0.399 e. The van der Waals surface area contributed by atoms with E-state index in [0.29, 0.717) is 6.07 Å². The zero-order valence-electron chi connectivity index (χ0n) is 18.7. The minimum atomic E-state index is -4.66. The fourth-order valence-corrected chi connectivity index (χ4v) is 3.50. The molecule has 204 valence electrons. The molecule has 4 N–H and O–H groups in total. The zero-order chi connectivity index (χ0) is 25.4. The van der Waals surface area contributed by atoms with E-state index in [0.717, 1.165) is 18.2 Å². The molecule has 0 amide bonds. The number of non-ortho nitro benzene ring substituents is 1. The number of nitrogens with zero attached hydrogens (tertiary/aromatic N) is 3. The van der Waals surface area contributed by atoms with Crippen LogP contribution in [0.15, 0.2) is 36.4 Å². The summed E-state index contributed by atoms with van der Waals surface area (Å²) < 4.78 is 76.5. The van der Waals surface area contributed by atoms with Crippen LogP contribution < -0.4 is 15.5 Å². The number of rotatable bonds is 3. The molecule has 0 radical (unpaired) electrons. The van der Waals surface area contributed by atoms with Crippen LogP contribution in [0.1, 0.15) is 11.1 Å². The summed E-state index contributed by atoms with van der Waals surface area (Å²) in [6, 6.07) is 6.28. The Bertz CT molecular complexity index is 1060. The fraction of sp³-hybridized carbons (Fsp3) is 0.381. The zero-order valence-corrected chi connectivity index (χ0v) is 20.2. The molecule has 0 saturated carbocycles. The second-order valence-electron chi connectivity index (χ2n) is 7.85. The Kier molecular flexibility index (Phi) is 10.2. The van der Waals surface area contributed by atoms with Crippen LogP contribution in [0.3, 0.4) is 0 Å². The summed E-state index contributed by atoms with van der Waals surface area (Å²) in [6.07, 6.45) is -10.3. The number of nitro groups is 1. The fourth-order valence-electron chi connectivity index (χ4n) is 3.50. The molecule has 2 aliphatic rings. The second kappa shape index (κ2) is 11.6. The van der Waals surface area contributed by atoms with Gasteiger partial charge < -0.3 is 33.2 Å². The molecule has 0 aromatic heterocycles. The van der Waals surface area contributed by atoms with Gasteiger partial charge in [0.25, 0.3) is 5.69 Å². The van der Waals surface area contributed by atoms with Crippen LogP contribution >= 0.6 is 0 Å². The molecule has 0 unspecified atom stereocenters. The van der Waals surface area contributed by atoms with Crippen molar-refractivity contribution in [2.24, 2.45) is 0 Å². The van der Waals surface area contributed by atoms with E-state index in [1.807, 2.05) is 0 Å². The Morgan fingerprint density at radius 3 is 1.58 bits per heavy atom. The number of nitrogen functional groups attached to an aromatic ring is 1. The molecule has 4 rings (SSSR count). The maximum Gasteiger partial charge on any atom is 0.418 e. The third kappa shape index (κ3) is 7.22. The van der Waals surface area contributed by atoms with E-state index in [1.165, 1.54) is 21.9 Å². The van der Waals surface area contributed by atoms with Crippen LogP contribution in [0.25, 0.3) is 0 Å². The van der Waals surface area contributed by atoms with Gasteiger partial charge in [0.05, 0.1) is 28.3 Å². The summed E-state index contributed by atoms with van der Waals surface area (Å²) in [5.41, 5.74) is 2.95. The van der Waals surface area contributed by atoms with Gasteiger partial charge in [-0.2, -0.15) is 26.3 Å². The van der Waals surface area contributed by atoms with Gasteiger partial charge >= 0.3 is 12.4 Å². The molecule has 0 atom stereocenters. The monoisotopic (exact) mass is 615 g/mol. The molecule has 2 aliphatic heterocycles. The first-order chi connectivity index (χ1) is 15.7. The van der Waals surface area contributed by atoms with Gasteiger partial charge in [0, 0.05) is 75.8 Å². The van der Waals surface area contributed by atoms with Gasteiger partial charge in [0.15, 0.2) is 0 Å². The number of benzene rings is 2. The molecule has 2 fully saturated rings. The van der Waals surface area contributed by atoms with E-state index in [1.54, 1.807) is 0 Å². The summed E-state index contributed by atoms with van der Waals surface area (Å²) in [7, 11) is 0. The topological polar surface area (TPSA) is 116 Å². The van der Waals surface area contributed by atoms with Crippen LogP contribution in [-0.2, 0) is 32.8 Å².